The van der Waals surface area contributed by atoms with Crippen LogP contribution in [0.25, 0.3) is 0 Å². The number of nitrogens with one attached hydrogen (secondary N) is 1. The van der Waals surface area contributed by atoms with Gasteiger partial charge in [-0.1, -0.05) is 20.3 Å². The van der Waals surface area contributed by atoms with Crippen LogP contribution in [0.2, 0.25) is 0 Å². The van der Waals surface area contributed by atoms with Crippen molar-refractivity contribution in [1.29, 1.82) is 0 Å². The van der Waals surface area contributed by atoms with Gasteiger partial charge in [-0.2, -0.15) is 13.2 Å². The van der Waals surface area contributed by atoms with Gasteiger partial charge in [0, 0.05) is 12.6 Å². The van der Waals surface area contributed by atoms with Gasteiger partial charge in [0.25, 0.3) is 0 Å². The van der Waals surface area contributed by atoms with E-state index < -0.39 is 17.6 Å². The SMILES string of the molecule is CC1(C)CCCC1NCc1cc(F)cc(C(F)(F)F)c1. The van der Waals surface area contributed by atoms with Crippen molar-refractivity contribution in [1.82, 2.24) is 5.32 Å². The van der Waals surface area contributed by atoms with Crippen molar-refractivity contribution >= 4 is 0 Å². The summed E-state index contributed by atoms with van der Waals surface area (Å²) in [6.07, 6.45) is -1.29. The predicted octanol–water partition coefficient (Wildman–Crippen LogP) is 4.51. The first-order chi connectivity index (χ1) is 9.18. The van der Waals surface area contributed by atoms with E-state index in [4.69, 9.17) is 0 Å². The number of rotatable bonds is 3. The van der Waals surface area contributed by atoms with Crippen LogP contribution in [0.3, 0.4) is 0 Å². The Balaban J connectivity index is 2.08. The molecular formula is C15H19F4N. The quantitative estimate of drug-likeness (QED) is 0.807. The molecule has 1 aliphatic carbocycles. The van der Waals surface area contributed by atoms with Crippen molar-refractivity contribution in [2.45, 2.75) is 51.9 Å². The Hall–Kier alpha value is -1.10. The summed E-state index contributed by atoms with van der Waals surface area (Å²) in [6.45, 7) is 4.55. The van der Waals surface area contributed by atoms with Crippen LogP contribution in [0.1, 0.15) is 44.2 Å². The molecule has 0 radical (unpaired) electrons. The summed E-state index contributed by atoms with van der Waals surface area (Å²) < 4.78 is 51.2. The van der Waals surface area contributed by atoms with E-state index >= 15 is 0 Å². The first kappa shape index (κ1) is 15.3. The van der Waals surface area contributed by atoms with Crippen LogP contribution in [0.5, 0.6) is 0 Å². The van der Waals surface area contributed by atoms with E-state index in [2.05, 4.69) is 19.2 Å². The van der Waals surface area contributed by atoms with Crippen LogP contribution in [-0.4, -0.2) is 6.04 Å². The molecule has 112 valence electrons. The lowest BCUT2D eigenvalue weighted by Crippen LogP contribution is -2.37. The summed E-state index contributed by atoms with van der Waals surface area (Å²) in [6, 6.07) is 2.96. The highest BCUT2D eigenvalue weighted by Crippen LogP contribution is 2.37. The molecule has 1 unspecified atom stereocenters. The summed E-state index contributed by atoms with van der Waals surface area (Å²) >= 11 is 0. The van der Waals surface area contributed by atoms with Gasteiger partial charge in [-0.25, -0.2) is 4.39 Å². The Morgan fingerprint density at radius 1 is 1.25 bits per heavy atom. The zero-order valence-corrected chi connectivity index (χ0v) is 11.6. The maximum absolute atomic E-state index is 13.3. The number of alkyl halides is 3. The minimum absolute atomic E-state index is 0.139. The van der Waals surface area contributed by atoms with Crippen LogP contribution in [0.4, 0.5) is 17.6 Å². The van der Waals surface area contributed by atoms with Gasteiger partial charge >= 0.3 is 6.18 Å². The first-order valence-corrected chi connectivity index (χ1v) is 6.78. The van der Waals surface area contributed by atoms with E-state index in [1.807, 2.05) is 0 Å². The molecule has 2 rings (SSSR count). The molecule has 1 aromatic carbocycles. The Bertz CT molecular complexity index is 479. The third-order valence-electron chi connectivity index (χ3n) is 4.09. The molecule has 1 aliphatic rings. The molecule has 1 saturated carbocycles. The fraction of sp³-hybridized carbons (Fsp3) is 0.600. The molecule has 0 bridgehead atoms. The van der Waals surface area contributed by atoms with Gasteiger partial charge in [-0.15, -0.1) is 0 Å². The van der Waals surface area contributed by atoms with Crippen LogP contribution in [0.15, 0.2) is 18.2 Å². The summed E-state index contributed by atoms with van der Waals surface area (Å²) in [5.74, 6) is -0.845. The molecule has 0 spiro atoms. The molecule has 20 heavy (non-hydrogen) atoms. The maximum atomic E-state index is 13.3. The van der Waals surface area contributed by atoms with Crippen LogP contribution >= 0.6 is 0 Å². The minimum Gasteiger partial charge on any atom is -0.309 e. The number of hydrogen-bond donors (Lipinski definition) is 1. The highest BCUT2D eigenvalue weighted by Gasteiger charge is 2.34. The molecule has 1 atom stereocenters. The average molecular weight is 289 g/mol. The standard InChI is InChI=1S/C15H19F4N/c1-14(2)5-3-4-13(14)20-9-10-6-11(15(17,18)19)8-12(16)7-10/h6-8,13,20H,3-5,9H2,1-2H3. The summed E-state index contributed by atoms with van der Waals surface area (Å²) in [7, 11) is 0. The van der Waals surface area contributed by atoms with Crippen molar-refractivity contribution in [3.05, 3.63) is 35.1 Å². The topological polar surface area (TPSA) is 12.0 Å². The highest BCUT2D eigenvalue weighted by molar-refractivity contribution is 5.26. The number of benzene rings is 1. The Kier molecular flexibility index (Phi) is 4.09. The second-order valence-electron chi connectivity index (χ2n) is 6.16. The van der Waals surface area contributed by atoms with Crippen molar-refractivity contribution in [3.8, 4) is 0 Å². The summed E-state index contributed by atoms with van der Waals surface area (Å²) in [5.41, 5.74) is -0.458. The van der Waals surface area contributed by atoms with Crippen LogP contribution in [-0.2, 0) is 12.7 Å². The lowest BCUT2D eigenvalue weighted by Gasteiger charge is -2.28. The van der Waals surface area contributed by atoms with E-state index in [0.717, 1.165) is 31.4 Å². The van der Waals surface area contributed by atoms with Gasteiger partial charge in [0.15, 0.2) is 0 Å². The zero-order valence-electron chi connectivity index (χ0n) is 11.6. The van der Waals surface area contributed by atoms with Crippen LogP contribution in [0, 0.1) is 11.2 Å². The highest BCUT2D eigenvalue weighted by atomic mass is 19.4. The molecule has 1 fully saturated rings. The van der Waals surface area contributed by atoms with Crippen LogP contribution < -0.4 is 5.32 Å². The van der Waals surface area contributed by atoms with E-state index in [0.29, 0.717) is 11.6 Å². The molecule has 0 saturated heterocycles. The van der Waals surface area contributed by atoms with E-state index in [1.165, 1.54) is 0 Å². The lowest BCUT2D eigenvalue weighted by molar-refractivity contribution is -0.137. The summed E-state index contributed by atoms with van der Waals surface area (Å²) in [4.78, 5) is 0. The Morgan fingerprint density at radius 2 is 1.95 bits per heavy atom. The monoisotopic (exact) mass is 289 g/mol. The molecule has 1 nitrogen and oxygen atoms in total. The molecule has 0 aromatic heterocycles. The largest absolute Gasteiger partial charge is 0.416 e. The van der Waals surface area contributed by atoms with Gasteiger partial charge in [0.2, 0.25) is 0 Å². The third kappa shape index (κ3) is 3.51. The smallest absolute Gasteiger partial charge is 0.309 e. The normalized spacial score (nSPS) is 22.2. The molecular weight excluding hydrogens is 270 g/mol. The summed E-state index contributed by atoms with van der Waals surface area (Å²) in [5, 5.41) is 3.26. The Morgan fingerprint density at radius 3 is 2.50 bits per heavy atom. The molecule has 1 aromatic rings. The minimum atomic E-state index is -4.51. The van der Waals surface area contributed by atoms with E-state index in [1.54, 1.807) is 0 Å². The Labute approximate surface area is 116 Å². The van der Waals surface area contributed by atoms with Gasteiger partial charge < -0.3 is 5.32 Å². The second kappa shape index (κ2) is 5.35. The zero-order chi connectivity index (χ0) is 15.0. The first-order valence-electron chi connectivity index (χ1n) is 6.78. The molecule has 0 heterocycles. The fourth-order valence-electron chi connectivity index (χ4n) is 2.86. The van der Waals surface area contributed by atoms with Crippen molar-refractivity contribution in [2.75, 3.05) is 0 Å². The average Bonchev–Trinajstić information content (AvgIpc) is 2.64. The van der Waals surface area contributed by atoms with Gasteiger partial charge in [0.1, 0.15) is 5.82 Å². The molecule has 0 aliphatic heterocycles. The second-order valence-corrected chi connectivity index (χ2v) is 6.16. The predicted molar refractivity (Wildman–Crippen MR) is 69.7 cm³/mol. The molecule has 0 amide bonds. The van der Waals surface area contributed by atoms with Crippen molar-refractivity contribution in [3.63, 3.8) is 0 Å². The molecule has 1 N–H and O–H groups in total. The fourth-order valence-corrected chi connectivity index (χ4v) is 2.86. The molecule has 5 heteroatoms. The van der Waals surface area contributed by atoms with E-state index in [9.17, 15) is 17.6 Å². The van der Waals surface area contributed by atoms with Gasteiger partial charge in [-0.05, 0) is 42.0 Å². The van der Waals surface area contributed by atoms with Gasteiger partial charge in [-0.3, -0.25) is 0 Å². The van der Waals surface area contributed by atoms with E-state index in [-0.39, 0.29) is 18.0 Å². The maximum Gasteiger partial charge on any atom is 0.416 e. The lowest BCUT2D eigenvalue weighted by atomic mass is 9.87. The van der Waals surface area contributed by atoms with Crippen molar-refractivity contribution in [2.24, 2.45) is 5.41 Å². The number of hydrogen-bond acceptors (Lipinski definition) is 1. The third-order valence-corrected chi connectivity index (χ3v) is 4.09. The van der Waals surface area contributed by atoms with Gasteiger partial charge in [0.05, 0.1) is 5.56 Å². The number of halogens is 4. The van der Waals surface area contributed by atoms with Crippen molar-refractivity contribution < 1.29 is 17.6 Å².